The molecule has 17 heavy (non-hydrogen) atoms. The van der Waals surface area contributed by atoms with E-state index in [1.54, 1.807) is 11.3 Å². The maximum atomic E-state index is 12.2. The normalized spacial score (nSPS) is 15.9. The van der Waals surface area contributed by atoms with Gasteiger partial charge in [0.05, 0.1) is 4.88 Å². The number of carbonyl (C=O) groups is 1. The first kappa shape index (κ1) is 12.6. The zero-order valence-electron chi connectivity index (χ0n) is 11.3. The van der Waals surface area contributed by atoms with Crippen LogP contribution in [0.25, 0.3) is 0 Å². The predicted octanol–water partition coefficient (Wildman–Crippen LogP) is 3.66. The molecule has 1 aliphatic rings. The molecule has 0 unspecified atom stereocenters. The van der Waals surface area contributed by atoms with Crippen LogP contribution in [-0.4, -0.2) is 17.4 Å². The van der Waals surface area contributed by atoms with Crippen molar-refractivity contribution in [3.05, 3.63) is 21.4 Å². The number of hydrogen-bond donors (Lipinski definition) is 0. The summed E-state index contributed by atoms with van der Waals surface area (Å²) in [5, 5.41) is 0. The SMILES string of the molecule is CC(C)CN1Cc2cc(C(C)(C)C)sc2C1=O. The molecule has 0 radical (unpaired) electrons. The first-order valence-electron chi connectivity index (χ1n) is 6.21. The van der Waals surface area contributed by atoms with Crippen LogP contribution in [0.5, 0.6) is 0 Å². The lowest BCUT2D eigenvalue weighted by molar-refractivity contribution is 0.0763. The van der Waals surface area contributed by atoms with Crippen LogP contribution in [0.3, 0.4) is 0 Å². The summed E-state index contributed by atoms with van der Waals surface area (Å²) in [5.74, 6) is 0.768. The average Bonchev–Trinajstić information content (AvgIpc) is 2.67. The molecule has 0 aromatic carbocycles. The summed E-state index contributed by atoms with van der Waals surface area (Å²) in [6.07, 6.45) is 0. The van der Waals surface area contributed by atoms with Crippen molar-refractivity contribution in [2.45, 2.75) is 46.6 Å². The van der Waals surface area contributed by atoms with Crippen LogP contribution in [-0.2, 0) is 12.0 Å². The molecule has 0 fully saturated rings. The van der Waals surface area contributed by atoms with Crippen molar-refractivity contribution in [1.82, 2.24) is 4.90 Å². The molecule has 1 aliphatic heterocycles. The summed E-state index contributed by atoms with van der Waals surface area (Å²) in [4.78, 5) is 16.5. The Kier molecular flexibility index (Phi) is 3.06. The third-order valence-corrected chi connectivity index (χ3v) is 4.57. The second kappa shape index (κ2) is 4.13. The molecule has 0 N–H and O–H groups in total. The molecule has 0 saturated heterocycles. The average molecular weight is 251 g/mol. The van der Waals surface area contributed by atoms with Crippen molar-refractivity contribution in [2.24, 2.45) is 5.92 Å². The lowest BCUT2D eigenvalue weighted by atomic mass is 9.94. The fourth-order valence-corrected chi connectivity index (χ4v) is 3.30. The number of nitrogens with zero attached hydrogens (tertiary/aromatic N) is 1. The minimum Gasteiger partial charge on any atom is -0.333 e. The highest BCUT2D eigenvalue weighted by molar-refractivity contribution is 7.14. The van der Waals surface area contributed by atoms with Crippen LogP contribution < -0.4 is 0 Å². The first-order chi connectivity index (χ1) is 7.79. The van der Waals surface area contributed by atoms with E-state index in [1.807, 2.05) is 4.90 Å². The van der Waals surface area contributed by atoms with Crippen LogP contribution in [0.15, 0.2) is 6.07 Å². The van der Waals surface area contributed by atoms with Crippen LogP contribution in [0, 0.1) is 5.92 Å². The smallest absolute Gasteiger partial charge is 0.264 e. The van der Waals surface area contributed by atoms with Crippen molar-refractivity contribution in [1.29, 1.82) is 0 Å². The first-order valence-corrected chi connectivity index (χ1v) is 7.03. The zero-order chi connectivity index (χ0) is 12.8. The van der Waals surface area contributed by atoms with Crippen molar-refractivity contribution < 1.29 is 4.79 Å². The molecule has 2 nitrogen and oxygen atoms in total. The molecule has 0 saturated carbocycles. The second-order valence-corrected chi connectivity index (χ2v) is 7.35. The van der Waals surface area contributed by atoms with Crippen molar-refractivity contribution in [2.75, 3.05) is 6.54 Å². The van der Waals surface area contributed by atoms with Gasteiger partial charge in [-0.15, -0.1) is 11.3 Å². The summed E-state index contributed by atoms with van der Waals surface area (Å²) in [6.45, 7) is 12.6. The van der Waals surface area contributed by atoms with Gasteiger partial charge in [0.2, 0.25) is 0 Å². The van der Waals surface area contributed by atoms with Gasteiger partial charge in [0.1, 0.15) is 0 Å². The molecular formula is C14H21NOS. The van der Waals surface area contributed by atoms with Crippen LogP contribution >= 0.6 is 11.3 Å². The number of carbonyl (C=O) groups excluding carboxylic acids is 1. The van der Waals surface area contributed by atoms with Gasteiger partial charge < -0.3 is 4.90 Å². The van der Waals surface area contributed by atoms with Crippen LogP contribution in [0.4, 0.5) is 0 Å². The molecule has 0 atom stereocenters. The van der Waals surface area contributed by atoms with Gasteiger partial charge in [-0.3, -0.25) is 4.79 Å². The number of thiophene rings is 1. The number of fused-ring (bicyclic) bond motifs is 1. The molecule has 0 spiro atoms. The molecule has 1 amide bonds. The van der Waals surface area contributed by atoms with Crippen LogP contribution in [0.1, 0.15) is 54.7 Å². The maximum absolute atomic E-state index is 12.2. The van der Waals surface area contributed by atoms with Crippen molar-refractivity contribution >= 4 is 17.2 Å². The molecule has 2 heterocycles. The summed E-state index contributed by atoms with van der Waals surface area (Å²) in [5.41, 5.74) is 1.38. The summed E-state index contributed by atoms with van der Waals surface area (Å²) >= 11 is 1.68. The third kappa shape index (κ3) is 2.39. The fraction of sp³-hybridized carbons (Fsp3) is 0.643. The lowest BCUT2D eigenvalue weighted by Crippen LogP contribution is -2.28. The Morgan fingerprint density at radius 1 is 1.41 bits per heavy atom. The number of hydrogen-bond acceptors (Lipinski definition) is 2. The second-order valence-electron chi connectivity index (χ2n) is 6.29. The van der Waals surface area contributed by atoms with E-state index in [9.17, 15) is 4.79 Å². The van der Waals surface area contributed by atoms with Gasteiger partial charge in [-0.2, -0.15) is 0 Å². The van der Waals surface area contributed by atoms with E-state index in [-0.39, 0.29) is 11.3 Å². The Morgan fingerprint density at radius 3 is 2.53 bits per heavy atom. The molecule has 1 aromatic heterocycles. The summed E-state index contributed by atoms with van der Waals surface area (Å²) in [7, 11) is 0. The molecule has 0 aliphatic carbocycles. The van der Waals surface area contributed by atoms with Gasteiger partial charge >= 0.3 is 0 Å². The van der Waals surface area contributed by atoms with Gasteiger partial charge in [0.25, 0.3) is 5.91 Å². The maximum Gasteiger partial charge on any atom is 0.264 e. The standard InChI is InChI=1S/C14H21NOS/c1-9(2)7-15-8-10-6-11(14(3,4)5)17-12(10)13(15)16/h6,9H,7-8H2,1-5H3. The van der Waals surface area contributed by atoms with E-state index in [1.165, 1.54) is 10.4 Å². The van der Waals surface area contributed by atoms with Gasteiger partial charge in [-0.25, -0.2) is 0 Å². The largest absolute Gasteiger partial charge is 0.333 e. The number of rotatable bonds is 2. The fourth-order valence-electron chi connectivity index (χ4n) is 2.11. The Morgan fingerprint density at radius 2 is 2.06 bits per heavy atom. The molecule has 94 valence electrons. The Labute approximate surface area is 108 Å². The van der Waals surface area contributed by atoms with E-state index in [0.717, 1.165) is 18.0 Å². The number of amides is 1. The topological polar surface area (TPSA) is 20.3 Å². The predicted molar refractivity (Wildman–Crippen MR) is 72.6 cm³/mol. The zero-order valence-corrected chi connectivity index (χ0v) is 12.1. The highest BCUT2D eigenvalue weighted by atomic mass is 32.1. The van der Waals surface area contributed by atoms with E-state index in [4.69, 9.17) is 0 Å². The monoisotopic (exact) mass is 251 g/mol. The van der Waals surface area contributed by atoms with E-state index >= 15 is 0 Å². The summed E-state index contributed by atoms with van der Waals surface area (Å²) < 4.78 is 0. The molecule has 2 rings (SSSR count). The van der Waals surface area contributed by atoms with Gasteiger partial charge in [-0.1, -0.05) is 34.6 Å². The van der Waals surface area contributed by atoms with E-state index in [0.29, 0.717) is 5.92 Å². The van der Waals surface area contributed by atoms with Gasteiger partial charge in [0, 0.05) is 18.0 Å². The van der Waals surface area contributed by atoms with Crippen molar-refractivity contribution in [3.8, 4) is 0 Å². The van der Waals surface area contributed by atoms with E-state index in [2.05, 4.69) is 40.7 Å². The van der Waals surface area contributed by atoms with Crippen LogP contribution in [0.2, 0.25) is 0 Å². The lowest BCUT2D eigenvalue weighted by Gasteiger charge is -2.19. The molecular weight excluding hydrogens is 230 g/mol. The highest BCUT2D eigenvalue weighted by Gasteiger charge is 2.32. The van der Waals surface area contributed by atoms with E-state index < -0.39 is 0 Å². The minimum atomic E-state index is 0.151. The van der Waals surface area contributed by atoms with Crippen molar-refractivity contribution in [3.63, 3.8) is 0 Å². The summed E-state index contributed by atoms with van der Waals surface area (Å²) in [6, 6.07) is 2.22. The van der Waals surface area contributed by atoms with Gasteiger partial charge in [-0.05, 0) is 23.0 Å². The third-order valence-electron chi connectivity index (χ3n) is 2.98. The highest BCUT2D eigenvalue weighted by Crippen LogP contribution is 2.37. The molecule has 3 heteroatoms. The molecule has 1 aromatic rings. The van der Waals surface area contributed by atoms with Gasteiger partial charge in [0.15, 0.2) is 0 Å². The molecule has 0 bridgehead atoms. The Bertz CT molecular complexity index is 440. The Balaban J connectivity index is 2.22. The Hall–Kier alpha value is -0.830. The quantitative estimate of drug-likeness (QED) is 0.785. The minimum absolute atomic E-state index is 0.151.